The van der Waals surface area contributed by atoms with Gasteiger partial charge in [0, 0.05) is 57.5 Å². The normalized spacial score (nSPS) is 44.5. The average Bonchev–Trinajstić information content (AvgIpc) is 3.37. The summed E-state index contributed by atoms with van der Waals surface area (Å²) >= 11 is 0. The van der Waals surface area contributed by atoms with Gasteiger partial charge in [0.05, 0.1) is 12.7 Å². The molecule has 0 aromatic heterocycles. The third-order valence-electron chi connectivity index (χ3n) is 11.0. The molecule has 0 aromatic rings. The highest BCUT2D eigenvalue weighted by Gasteiger charge is 2.81. The second kappa shape index (κ2) is 9.22. The van der Waals surface area contributed by atoms with Crippen LogP contribution < -0.4 is 0 Å². The van der Waals surface area contributed by atoms with Crippen molar-refractivity contribution in [1.29, 1.82) is 0 Å². The summed E-state index contributed by atoms with van der Waals surface area (Å²) in [7, 11) is 0.365. The fourth-order valence-corrected chi connectivity index (χ4v) is 9.71. The molecule has 4 fully saturated rings. The van der Waals surface area contributed by atoms with Gasteiger partial charge in [-0.15, -0.1) is 0 Å². The van der Waals surface area contributed by atoms with E-state index in [0.29, 0.717) is 42.8 Å². The van der Waals surface area contributed by atoms with E-state index < -0.39 is 54.3 Å². The van der Waals surface area contributed by atoms with Gasteiger partial charge >= 0.3 is 5.97 Å². The zero-order valence-corrected chi connectivity index (χ0v) is 26.8. The molecule has 10 heteroatoms. The van der Waals surface area contributed by atoms with Crippen LogP contribution in [0, 0.1) is 23.2 Å². The van der Waals surface area contributed by atoms with Gasteiger partial charge in [0.15, 0.2) is 5.78 Å². The molecule has 6 aliphatic rings. The van der Waals surface area contributed by atoms with Gasteiger partial charge in [-0.05, 0) is 45.2 Å². The van der Waals surface area contributed by atoms with Gasteiger partial charge in [0.25, 0.3) is 5.97 Å². The lowest BCUT2D eigenvalue weighted by atomic mass is 9.45. The van der Waals surface area contributed by atoms with Crippen molar-refractivity contribution in [3.8, 4) is 0 Å². The van der Waals surface area contributed by atoms with Crippen molar-refractivity contribution in [3.05, 3.63) is 23.5 Å². The Balaban J connectivity index is 1.39. The van der Waals surface area contributed by atoms with Crippen molar-refractivity contribution in [1.82, 2.24) is 0 Å². The van der Waals surface area contributed by atoms with E-state index in [9.17, 15) is 9.59 Å². The van der Waals surface area contributed by atoms with Crippen molar-refractivity contribution >= 4 is 19.8 Å². The third-order valence-corrected chi connectivity index (χ3v) is 12.7. The number of ketones is 1. The SMILES string of the molecule is C=C1C2=C(C[C@H]3[C@](C)(C[C@H](OCOCC[Si](C)(C)C)[C@]45O[C@](OC)(CC[C@]34C)OC5(C)C)O2)C(=O)[C@H]2C(=O)OC[C@@H]12. The minimum Gasteiger partial charge on any atom is -0.486 e. The number of esters is 1. The van der Waals surface area contributed by atoms with E-state index in [1.165, 1.54) is 0 Å². The first-order valence-electron chi connectivity index (χ1n) is 15.0. The van der Waals surface area contributed by atoms with Crippen LogP contribution in [0.2, 0.25) is 25.7 Å². The molecule has 3 saturated heterocycles. The number of hydrogen-bond acceptors (Lipinski definition) is 9. The Morgan fingerprint density at radius 2 is 1.80 bits per heavy atom. The number of fused-ring (bicyclic) bond motifs is 4. The number of allylic oxidation sites excluding steroid dienone is 2. The van der Waals surface area contributed by atoms with Crippen molar-refractivity contribution in [3.63, 3.8) is 0 Å². The highest BCUT2D eigenvalue weighted by atomic mass is 28.3. The van der Waals surface area contributed by atoms with Crippen LogP contribution in [0.1, 0.15) is 53.4 Å². The summed E-state index contributed by atoms with van der Waals surface area (Å²) in [6, 6.07) is 1.05. The van der Waals surface area contributed by atoms with Crippen LogP contribution >= 0.6 is 0 Å². The summed E-state index contributed by atoms with van der Waals surface area (Å²) in [4.78, 5) is 26.3. The molecule has 8 atom stereocenters. The summed E-state index contributed by atoms with van der Waals surface area (Å²) in [5, 5.41) is 0. The summed E-state index contributed by atoms with van der Waals surface area (Å²) in [5.74, 6) is -2.64. The van der Waals surface area contributed by atoms with Gasteiger partial charge in [0.2, 0.25) is 0 Å². The summed E-state index contributed by atoms with van der Waals surface area (Å²) in [6.07, 6.45) is 1.76. The molecule has 2 bridgehead atoms. The highest BCUT2D eigenvalue weighted by Crippen LogP contribution is 2.71. The molecule has 41 heavy (non-hydrogen) atoms. The molecule has 0 amide bonds. The van der Waals surface area contributed by atoms with E-state index in [2.05, 4.69) is 40.1 Å². The molecule has 2 aliphatic carbocycles. The van der Waals surface area contributed by atoms with Crippen molar-refractivity contribution < 1.29 is 42.7 Å². The monoisotopic (exact) mass is 590 g/mol. The summed E-state index contributed by atoms with van der Waals surface area (Å²) < 4.78 is 44.3. The first-order chi connectivity index (χ1) is 19.0. The van der Waals surface area contributed by atoms with Gasteiger partial charge < -0.3 is 33.2 Å². The Morgan fingerprint density at radius 3 is 2.49 bits per heavy atom. The molecule has 1 saturated carbocycles. The fraction of sp³-hybridized carbons (Fsp3) is 0.806. The maximum Gasteiger partial charge on any atom is 0.317 e. The lowest BCUT2D eigenvalue weighted by Gasteiger charge is -2.67. The Morgan fingerprint density at radius 1 is 1.07 bits per heavy atom. The number of carbonyl (C=O) groups excluding carboxylic acids is 2. The number of cyclic esters (lactones) is 1. The minimum absolute atomic E-state index is 0.122. The topological polar surface area (TPSA) is 98.8 Å². The second-order valence-corrected chi connectivity index (χ2v) is 20.7. The van der Waals surface area contributed by atoms with Crippen molar-refractivity contribution in [2.45, 2.75) is 108 Å². The highest BCUT2D eigenvalue weighted by molar-refractivity contribution is 6.76. The van der Waals surface area contributed by atoms with Gasteiger partial charge in [-0.1, -0.05) is 33.1 Å². The van der Waals surface area contributed by atoms with Crippen LogP contribution in [0.4, 0.5) is 0 Å². The Kier molecular flexibility index (Phi) is 6.64. The molecule has 228 valence electrons. The Hall–Kier alpha value is -1.56. The Labute approximate surface area is 244 Å². The van der Waals surface area contributed by atoms with Gasteiger partial charge in [0.1, 0.15) is 35.3 Å². The molecule has 9 nitrogen and oxygen atoms in total. The van der Waals surface area contributed by atoms with E-state index >= 15 is 0 Å². The predicted octanol–water partition coefficient (Wildman–Crippen LogP) is 4.73. The standard InChI is InChI=1S/C31H46O9Si/c1-18-20-16-36-26(33)23(20)24(32)19-14-21-28(4)10-11-30(34-6)39-27(2,3)31(28,40-30)22(15-29(21,5)38-25(18)19)37-17-35-12-13-41(7,8)9/h20-23H,1,10-17H2,2-9H3/t20-,21+,22-,23-,28+,29-,30-,31+/m0/s1. The minimum atomic E-state index is -1.25. The number of rotatable bonds is 7. The van der Waals surface area contributed by atoms with E-state index in [1.807, 2.05) is 13.8 Å². The number of methoxy groups -OCH3 is 1. The van der Waals surface area contributed by atoms with Gasteiger partial charge in [-0.25, -0.2) is 0 Å². The number of ether oxygens (including phenoxy) is 7. The van der Waals surface area contributed by atoms with Crippen LogP contribution in [0.5, 0.6) is 0 Å². The maximum absolute atomic E-state index is 13.8. The van der Waals surface area contributed by atoms with Crippen molar-refractivity contribution in [2.75, 3.05) is 27.1 Å². The largest absolute Gasteiger partial charge is 0.486 e. The lowest BCUT2D eigenvalue weighted by Crippen LogP contribution is -2.76. The van der Waals surface area contributed by atoms with E-state index in [4.69, 9.17) is 33.2 Å². The Bertz CT molecular complexity index is 1200. The summed E-state index contributed by atoms with van der Waals surface area (Å²) in [5.41, 5.74) is -1.69. The van der Waals surface area contributed by atoms with Crippen LogP contribution in [0.3, 0.4) is 0 Å². The summed E-state index contributed by atoms with van der Waals surface area (Å²) in [6.45, 7) is 20.6. The molecule has 0 unspecified atom stereocenters. The number of hydrogen-bond donors (Lipinski definition) is 0. The first-order valence-corrected chi connectivity index (χ1v) is 18.7. The van der Waals surface area contributed by atoms with Crippen molar-refractivity contribution in [2.24, 2.45) is 23.2 Å². The number of carbonyl (C=O) groups is 2. The molecule has 1 spiro atoms. The van der Waals surface area contributed by atoms with Crippen LogP contribution in [0.25, 0.3) is 0 Å². The fourth-order valence-electron chi connectivity index (χ4n) is 8.96. The molecule has 4 aliphatic heterocycles. The quantitative estimate of drug-likeness (QED) is 0.137. The predicted molar refractivity (Wildman–Crippen MR) is 151 cm³/mol. The van der Waals surface area contributed by atoms with Crippen LogP contribution in [-0.4, -0.2) is 75.8 Å². The number of Topliss-reactive ketones (excluding diaryl/α,β-unsaturated/α-hetero) is 1. The van der Waals surface area contributed by atoms with Crippen LogP contribution in [0.15, 0.2) is 23.5 Å². The zero-order valence-electron chi connectivity index (χ0n) is 25.8. The van der Waals surface area contributed by atoms with Gasteiger partial charge in [-0.2, -0.15) is 0 Å². The zero-order chi connectivity index (χ0) is 29.8. The van der Waals surface area contributed by atoms with E-state index in [-0.39, 0.29) is 31.0 Å². The lowest BCUT2D eigenvalue weighted by molar-refractivity contribution is -0.398. The molecule has 6 rings (SSSR count). The smallest absolute Gasteiger partial charge is 0.317 e. The molecule has 0 radical (unpaired) electrons. The maximum atomic E-state index is 13.8. The average molecular weight is 591 g/mol. The van der Waals surface area contributed by atoms with E-state index in [1.54, 1.807) is 7.11 Å². The van der Waals surface area contributed by atoms with E-state index in [0.717, 1.165) is 12.5 Å². The molecular formula is C31H46O9Si. The molecular weight excluding hydrogens is 544 g/mol. The van der Waals surface area contributed by atoms with Gasteiger partial charge in [-0.3, -0.25) is 9.59 Å². The second-order valence-electron chi connectivity index (χ2n) is 15.0. The first kappa shape index (κ1) is 29.5. The third kappa shape index (κ3) is 4.04. The van der Waals surface area contributed by atoms with Crippen LogP contribution in [-0.2, 0) is 42.7 Å². The molecule has 0 N–H and O–H groups in total. The molecule has 4 heterocycles. The molecule has 0 aromatic carbocycles.